The molecular weight excluding hydrogens is 453 g/mol. The van der Waals surface area contributed by atoms with Gasteiger partial charge >= 0.3 is 0 Å². The Morgan fingerprint density at radius 3 is 2.62 bits per heavy atom. The molecule has 0 amide bonds. The van der Waals surface area contributed by atoms with E-state index in [9.17, 15) is 0 Å². The Morgan fingerprint density at radius 1 is 1.29 bits per heavy atom. The average molecular weight is 483 g/mol. The van der Waals surface area contributed by atoms with E-state index in [2.05, 4.69) is 55.3 Å². The molecule has 1 aliphatic heterocycles. The third kappa shape index (κ3) is 7.09. The summed E-state index contributed by atoms with van der Waals surface area (Å²) in [4.78, 5) is 7.39. The first-order valence-electron chi connectivity index (χ1n) is 8.46. The molecule has 2 N–H and O–H groups in total. The smallest absolute Gasteiger partial charge is 0.191 e. The number of hydrogen-bond donors (Lipinski definition) is 2. The predicted octanol–water partition coefficient (Wildman–Crippen LogP) is 4.03. The van der Waals surface area contributed by atoms with Crippen LogP contribution in [0.5, 0.6) is 0 Å². The van der Waals surface area contributed by atoms with Crippen LogP contribution < -0.4 is 10.6 Å². The number of nitrogens with zero attached hydrogens (tertiary/aromatic N) is 1. The number of aliphatic imine (C=N–C) groups is 1. The van der Waals surface area contributed by atoms with E-state index >= 15 is 0 Å². The maximum Gasteiger partial charge on any atom is 0.191 e. The van der Waals surface area contributed by atoms with E-state index in [4.69, 9.17) is 9.73 Å². The van der Waals surface area contributed by atoms with E-state index in [1.165, 1.54) is 9.75 Å². The third-order valence-electron chi connectivity index (χ3n) is 3.97. The van der Waals surface area contributed by atoms with Gasteiger partial charge in [0.2, 0.25) is 0 Å². The van der Waals surface area contributed by atoms with Gasteiger partial charge in [-0.05, 0) is 44.6 Å². The number of thiophene rings is 1. The number of ether oxygens (including phenoxy) is 1. The van der Waals surface area contributed by atoms with Crippen LogP contribution in [0.25, 0.3) is 0 Å². The molecule has 1 aromatic rings. The summed E-state index contributed by atoms with van der Waals surface area (Å²) in [6.45, 7) is 10.8. The molecule has 1 saturated heterocycles. The third-order valence-corrected chi connectivity index (χ3v) is 6.40. The lowest BCUT2D eigenvalue weighted by Crippen LogP contribution is -2.48. The minimum Gasteiger partial charge on any atom is -0.381 e. The van der Waals surface area contributed by atoms with Gasteiger partial charge in [0.1, 0.15) is 0 Å². The molecule has 1 fully saturated rings. The van der Waals surface area contributed by atoms with Gasteiger partial charge in [0.05, 0.1) is 6.54 Å². The van der Waals surface area contributed by atoms with Crippen molar-refractivity contribution in [2.45, 2.75) is 44.9 Å². The summed E-state index contributed by atoms with van der Waals surface area (Å²) in [6.07, 6.45) is 2.23. The fraction of sp³-hybridized carbons (Fsp3) is 0.706. The number of halogens is 1. The fourth-order valence-corrected chi connectivity index (χ4v) is 4.79. The molecule has 0 aliphatic carbocycles. The Kier molecular flexibility index (Phi) is 10.7. The molecule has 2 rings (SSSR count). The number of thioether (sulfide) groups is 1. The van der Waals surface area contributed by atoms with Crippen LogP contribution >= 0.6 is 47.1 Å². The van der Waals surface area contributed by atoms with Gasteiger partial charge in [-0.2, -0.15) is 11.8 Å². The van der Waals surface area contributed by atoms with E-state index < -0.39 is 0 Å². The molecule has 0 aromatic carbocycles. The van der Waals surface area contributed by atoms with E-state index in [0.717, 1.165) is 57.4 Å². The number of hydrogen-bond acceptors (Lipinski definition) is 4. The van der Waals surface area contributed by atoms with Crippen LogP contribution in [0.3, 0.4) is 0 Å². The van der Waals surface area contributed by atoms with Crippen LogP contribution in [-0.2, 0) is 11.3 Å². The van der Waals surface area contributed by atoms with E-state index in [1.807, 2.05) is 11.3 Å². The first kappa shape index (κ1) is 22.1. The lowest BCUT2D eigenvalue weighted by Gasteiger charge is -2.37. The van der Waals surface area contributed by atoms with Gasteiger partial charge in [-0.15, -0.1) is 35.3 Å². The van der Waals surface area contributed by atoms with Crippen molar-refractivity contribution >= 4 is 53.0 Å². The zero-order chi connectivity index (χ0) is 16.5. The highest BCUT2D eigenvalue weighted by molar-refractivity contribution is 14.0. The Morgan fingerprint density at radius 2 is 2.04 bits per heavy atom. The Hall–Kier alpha value is 0.01000. The largest absolute Gasteiger partial charge is 0.381 e. The first-order valence-corrected chi connectivity index (χ1v) is 10.3. The molecule has 138 valence electrons. The van der Waals surface area contributed by atoms with Crippen LogP contribution in [0.4, 0.5) is 0 Å². The average Bonchev–Trinajstić information content (AvgIpc) is 2.97. The standard InChI is InChI=1S/C17H29N3OS2.HI/c1-4-18-16(19-12-15-7-6-14(3)23-15)20-13-17(22-5-2)8-10-21-11-9-17;/h6-7H,4-5,8-13H2,1-3H3,(H2,18,19,20);1H. The highest BCUT2D eigenvalue weighted by Gasteiger charge is 2.32. The van der Waals surface area contributed by atoms with Gasteiger partial charge in [0.25, 0.3) is 0 Å². The summed E-state index contributed by atoms with van der Waals surface area (Å²) >= 11 is 3.87. The minimum atomic E-state index is 0. The molecule has 0 unspecified atom stereocenters. The molecule has 0 radical (unpaired) electrons. The molecule has 24 heavy (non-hydrogen) atoms. The summed E-state index contributed by atoms with van der Waals surface area (Å²) in [5.74, 6) is 2.06. The zero-order valence-corrected chi connectivity index (χ0v) is 18.9. The van der Waals surface area contributed by atoms with E-state index in [-0.39, 0.29) is 28.7 Å². The van der Waals surface area contributed by atoms with Crippen molar-refractivity contribution in [1.82, 2.24) is 10.6 Å². The van der Waals surface area contributed by atoms with Crippen LogP contribution in [0.1, 0.15) is 36.4 Å². The summed E-state index contributed by atoms with van der Waals surface area (Å²) in [5, 5.41) is 6.92. The minimum absolute atomic E-state index is 0. The van der Waals surface area contributed by atoms with Gasteiger partial charge in [0, 0.05) is 40.8 Å². The molecular formula is C17H30IN3OS2. The summed E-state index contributed by atoms with van der Waals surface area (Å²) < 4.78 is 5.83. The number of rotatable bonds is 7. The highest BCUT2D eigenvalue weighted by Crippen LogP contribution is 2.34. The van der Waals surface area contributed by atoms with Gasteiger partial charge < -0.3 is 15.4 Å². The van der Waals surface area contributed by atoms with Crippen LogP contribution in [0, 0.1) is 6.92 Å². The van der Waals surface area contributed by atoms with Crippen molar-refractivity contribution < 1.29 is 4.74 Å². The maximum absolute atomic E-state index is 5.55. The molecule has 0 atom stereocenters. The monoisotopic (exact) mass is 483 g/mol. The second-order valence-corrected chi connectivity index (χ2v) is 8.89. The van der Waals surface area contributed by atoms with Crippen molar-refractivity contribution in [3.8, 4) is 0 Å². The van der Waals surface area contributed by atoms with Crippen molar-refractivity contribution in [2.75, 3.05) is 32.1 Å². The Balaban J connectivity index is 0.00000288. The van der Waals surface area contributed by atoms with Crippen molar-refractivity contribution in [3.05, 3.63) is 21.9 Å². The SMILES string of the molecule is CCNC(=NCc1ccc(C)s1)NCC1(SCC)CCOCC1.I. The van der Waals surface area contributed by atoms with Gasteiger partial charge in [-0.1, -0.05) is 6.92 Å². The lowest BCUT2D eigenvalue weighted by molar-refractivity contribution is 0.0782. The molecule has 1 aromatic heterocycles. The van der Waals surface area contributed by atoms with Gasteiger partial charge in [-0.3, -0.25) is 0 Å². The highest BCUT2D eigenvalue weighted by atomic mass is 127. The maximum atomic E-state index is 5.55. The molecule has 0 saturated carbocycles. The first-order chi connectivity index (χ1) is 11.2. The molecule has 7 heteroatoms. The second-order valence-electron chi connectivity index (χ2n) is 5.79. The molecule has 0 spiro atoms. The molecule has 2 heterocycles. The summed E-state index contributed by atoms with van der Waals surface area (Å²) in [7, 11) is 0. The Labute approximate surface area is 171 Å². The summed E-state index contributed by atoms with van der Waals surface area (Å²) in [6, 6.07) is 4.32. The predicted molar refractivity (Wildman–Crippen MR) is 118 cm³/mol. The normalized spacial score (nSPS) is 17.2. The molecule has 0 bridgehead atoms. The van der Waals surface area contributed by atoms with Crippen LogP contribution in [0.2, 0.25) is 0 Å². The Bertz CT molecular complexity index is 496. The second kappa shape index (κ2) is 11.6. The summed E-state index contributed by atoms with van der Waals surface area (Å²) in [5.41, 5.74) is 0. The fourth-order valence-electron chi connectivity index (χ4n) is 2.74. The van der Waals surface area contributed by atoms with Crippen LogP contribution in [-0.4, -0.2) is 42.8 Å². The van der Waals surface area contributed by atoms with Gasteiger partial charge in [-0.25, -0.2) is 4.99 Å². The number of aryl methyl sites for hydroxylation is 1. The van der Waals surface area contributed by atoms with E-state index in [1.54, 1.807) is 0 Å². The lowest BCUT2D eigenvalue weighted by atomic mass is 9.99. The quantitative estimate of drug-likeness (QED) is 0.349. The van der Waals surface area contributed by atoms with Crippen LogP contribution in [0.15, 0.2) is 17.1 Å². The molecule has 4 nitrogen and oxygen atoms in total. The van der Waals surface area contributed by atoms with Crippen molar-refractivity contribution in [3.63, 3.8) is 0 Å². The zero-order valence-electron chi connectivity index (χ0n) is 14.9. The topological polar surface area (TPSA) is 45.7 Å². The van der Waals surface area contributed by atoms with Crippen molar-refractivity contribution in [2.24, 2.45) is 4.99 Å². The van der Waals surface area contributed by atoms with E-state index in [0.29, 0.717) is 0 Å². The number of nitrogens with one attached hydrogen (secondary N) is 2. The van der Waals surface area contributed by atoms with Crippen molar-refractivity contribution in [1.29, 1.82) is 0 Å². The molecule has 1 aliphatic rings. The van der Waals surface area contributed by atoms with Gasteiger partial charge in [0.15, 0.2) is 5.96 Å². The number of guanidine groups is 1.